The number of carbonyl (C=O) groups is 2. The minimum absolute atomic E-state index is 0.0452. The van der Waals surface area contributed by atoms with E-state index in [1.54, 1.807) is 38.4 Å². The maximum Gasteiger partial charge on any atom is 0.277 e. The summed E-state index contributed by atoms with van der Waals surface area (Å²) in [6.45, 7) is 0.0646. The fourth-order valence-electron chi connectivity index (χ4n) is 1.54. The first-order valence-corrected chi connectivity index (χ1v) is 8.61. The van der Waals surface area contributed by atoms with Gasteiger partial charge in [-0.3, -0.25) is 9.59 Å². The number of benzene rings is 1. The molecule has 10 heteroatoms. The van der Waals surface area contributed by atoms with Crippen molar-refractivity contribution in [2.75, 3.05) is 26.4 Å². The van der Waals surface area contributed by atoms with Gasteiger partial charge in [0, 0.05) is 19.1 Å². The SMILES string of the molecule is CN(C)C(=O)CNC(=O)CSc1nnc(COc2ccc(Cl)cc2)o1. The van der Waals surface area contributed by atoms with Crippen LogP contribution in [0.15, 0.2) is 33.9 Å². The molecule has 1 heterocycles. The summed E-state index contributed by atoms with van der Waals surface area (Å²) in [5, 5.41) is 11.1. The predicted molar refractivity (Wildman–Crippen MR) is 92.5 cm³/mol. The third-order valence-electron chi connectivity index (χ3n) is 2.89. The lowest BCUT2D eigenvalue weighted by atomic mass is 10.3. The van der Waals surface area contributed by atoms with Gasteiger partial charge in [0.1, 0.15) is 5.75 Å². The average Bonchev–Trinajstić information content (AvgIpc) is 3.05. The summed E-state index contributed by atoms with van der Waals surface area (Å²) in [5.74, 6) is 0.512. The number of rotatable bonds is 8. The second-order valence-corrected chi connectivity index (χ2v) is 6.42. The molecule has 0 aliphatic heterocycles. The Bertz CT molecular complexity index is 721. The van der Waals surface area contributed by atoms with Crippen molar-refractivity contribution in [1.82, 2.24) is 20.4 Å². The van der Waals surface area contributed by atoms with E-state index >= 15 is 0 Å². The Hall–Kier alpha value is -2.26. The first-order chi connectivity index (χ1) is 11.9. The standard InChI is InChI=1S/C15H17ClN4O4S/c1-20(2)14(22)7-17-12(21)9-25-15-19-18-13(24-15)8-23-11-5-3-10(16)4-6-11/h3-6H,7-9H2,1-2H3,(H,17,21). The van der Waals surface area contributed by atoms with Gasteiger partial charge < -0.3 is 19.4 Å². The van der Waals surface area contributed by atoms with Crippen LogP contribution in [0.3, 0.4) is 0 Å². The molecule has 1 N–H and O–H groups in total. The van der Waals surface area contributed by atoms with E-state index in [1.165, 1.54) is 4.90 Å². The third-order valence-corrected chi connectivity index (χ3v) is 3.96. The highest BCUT2D eigenvalue weighted by Gasteiger charge is 2.11. The molecule has 134 valence electrons. The van der Waals surface area contributed by atoms with Crippen LogP contribution in [0.4, 0.5) is 0 Å². The van der Waals surface area contributed by atoms with Crippen LogP contribution in [-0.2, 0) is 16.2 Å². The summed E-state index contributed by atoms with van der Waals surface area (Å²) < 4.78 is 10.9. The van der Waals surface area contributed by atoms with E-state index in [9.17, 15) is 9.59 Å². The monoisotopic (exact) mass is 384 g/mol. The Balaban J connectivity index is 1.72. The molecule has 0 saturated carbocycles. The molecule has 0 bridgehead atoms. The second-order valence-electron chi connectivity index (χ2n) is 5.06. The van der Waals surface area contributed by atoms with E-state index in [4.69, 9.17) is 20.8 Å². The second kappa shape index (κ2) is 9.28. The number of aromatic nitrogens is 2. The number of likely N-dealkylation sites (N-methyl/N-ethyl adjacent to an activating group) is 1. The number of nitrogens with one attached hydrogen (secondary N) is 1. The minimum atomic E-state index is -0.294. The molecule has 0 spiro atoms. The van der Waals surface area contributed by atoms with Crippen molar-refractivity contribution >= 4 is 35.2 Å². The molecule has 8 nitrogen and oxygen atoms in total. The van der Waals surface area contributed by atoms with Gasteiger partial charge >= 0.3 is 0 Å². The van der Waals surface area contributed by atoms with E-state index in [0.717, 1.165) is 11.8 Å². The van der Waals surface area contributed by atoms with Gasteiger partial charge in [0.05, 0.1) is 12.3 Å². The minimum Gasteiger partial charge on any atom is -0.484 e. The molecule has 0 unspecified atom stereocenters. The van der Waals surface area contributed by atoms with Crippen molar-refractivity contribution in [3.63, 3.8) is 0 Å². The summed E-state index contributed by atoms with van der Waals surface area (Å²) in [6.07, 6.45) is 0. The molecule has 2 amide bonds. The molecular weight excluding hydrogens is 368 g/mol. The van der Waals surface area contributed by atoms with Crippen LogP contribution in [0.2, 0.25) is 5.02 Å². The van der Waals surface area contributed by atoms with Crippen LogP contribution in [0.1, 0.15) is 5.89 Å². The normalized spacial score (nSPS) is 10.4. The zero-order valence-corrected chi connectivity index (χ0v) is 15.3. The van der Waals surface area contributed by atoms with Crippen LogP contribution in [-0.4, -0.2) is 53.3 Å². The maximum atomic E-state index is 11.7. The maximum absolute atomic E-state index is 11.7. The van der Waals surface area contributed by atoms with Crippen molar-refractivity contribution < 1.29 is 18.7 Å². The van der Waals surface area contributed by atoms with Crippen LogP contribution in [0, 0.1) is 0 Å². The van der Waals surface area contributed by atoms with Crippen molar-refractivity contribution in [1.29, 1.82) is 0 Å². The van der Waals surface area contributed by atoms with Gasteiger partial charge in [-0.05, 0) is 24.3 Å². The smallest absolute Gasteiger partial charge is 0.277 e. The van der Waals surface area contributed by atoms with Gasteiger partial charge in [0.15, 0.2) is 6.61 Å². The lowest BCUT2D eigenvalue weighted by molar-refractivity contribution is -0.130. The molecule has 1 aromatic heterocycles. The van der Waals surface area contributed by atoms with Gasteiger partial charge in [-0.1, -0.05) is 23.4 Å². The molecule has 2 aromatic rings. The lowest BCUT2D eigenvalue weighted by Gasteiger charge is -2.10. The zero-order valence-electron chi connectivity index (χ0n) is 13.7. The molecule has 0 radical (unpaired) electrons. The van der Waals surface area contributed by atoms with E-state index in [-0.39, 0.29) is 35.9 Å². The van der Waals surface area contributed by atoms with Crippen LogP contribution >= 0.6 is 23.4 Å². The number of halogens is 1. The molecule has 0 aliphatic carbocycles. The summed E-state index contributed by atoms with van der Waals surface area (Å²) in [6, 6.07) is 6.89. The number of ether oxygens (including phenoxy) is 1. The highest BCUT2D eigenvalue weighted by molar-refractivity contribution is 7.99. The molecule has 25 heavy (non-hydrogen) atoms. The number of nitrogens with zero attached hydrogens (tertiary/aromatic N) is 3. The predicted octanol–water partition coefficient (Wildman–Crippen LogP) is 1.60. The van der Waals surface area contributed by atoms with Crippen LogP contribution < -0.4 is 10.1 Å². The van der Waals surface area contributed by atoms with E-state index in [0.29, 0.717) is 16.7 Å². The van der Waals surface area contributed by atoms with E-state index < -0.39 is 0 Å². The first kappa shape index (κ1) is 19.1. The van der Waals surface area contributed by atoms with Gasteiger partial charge in [0.2, 0.25) is 11.8 Å². The Morgan fingerprint density at radius 2 is 2.00 bits per heavy atom. The number of thioether (sulfide) groups is 1. The van der Waals surface area contributed by atoms with Crippen molar-refractivity contribution in [3.05, 3.63) is 35.2 Å². The third kappa shape index (κ3) is 6.63. The number of hydrogen-bond donors (Lipinski definition) is 1. The first-order valence-electron chi connectivity index (χ1n) is 7.24. The quantitative estimate of drug-likeness (QED) is 0.690. The topological polar surface area (TPSA) is 97.6 Å². The largest absolute Gasteiger partial charge is 0.484 e. The highest BCUT2D eigenvalue weighted by Crippen LogP contribution is 2.19. The number of carbonyl (C=O) groups excluding carboxylic acids is 2. The fourth-order valence-corrected chi connectivity index (χ4v) is 2.28. The molecule has 0 atom stereocenters. The van der Waals surface area contributed by atoms with Gasteiger partial charge in [-0.2, -0.15) is 0 Å². The van der Waals surface area contributed by atoms with Crippen molar-refractivity contribution in [3.8, 4) is 5.75 Å². The van der Waals surface area contributed by atoms with E-state index in [1.807, 2.05) is 0 Å². The van der Waals surface area contributed by atoms with Gasteiger partial charge in [-0.25, -0.2) is 0 Å². The molecular formula is C15H17ClN4O4S. The molecule has 0 saturated heterocycles. The highest BCUT2D eigenvalue weighted by atomic mass is 35.5. The molecule has 0 fully saturated rings. The summed E-state index contributed by atoms with van der Waals surface area (Å²) in [7, 11) is 3.24. The fraction of sp³-hybridized carbons (Fsp3) is 0.333. The zero-order chi connectivity index (χ0) is 18.2. The summed E-state index contributed by atoms with van der Waals surface area (Å²) >= 11 is 6.88. The summed E-state index contributed by atoms with van der Waals surface area (Å²) in [5.41, 5.74) is 0. The van der Waals surface area contributed by atoms with Crippen molar-refractivity contribution in [2.24, 2.45) is 0 Å². The number of amides is 2. The molecule has 1 aromatic carbocycles. The molecule has 2 rings (SSSR count). The van der Waals surface area contributed by atoms with Gasteiger partial charge in [-0.15, -0.1) is 10.2 Å². The Labute approximate surface area is 153 Å². The Kier molecular flexibility index (Phi) is 7.08. The summed E-state index contributed by atoms with van der Waals surface area (Å²) in [4.78, 5) is 24.4. The molecule has 0 aliphatic rings. The van der Waals surface area contributed by atoms with Crippen LogP contribution in [0.25, 0.3) is 0 Å². The van der Waals surface area contributed by atoms with Gasteiger partial charge in [0.25, 0.3) is 11.1 Å². The Morgan fingerprint density at radius 3 is 2.68 bits per heavy atom. The Morgan fingerprint density at radius 1 is 1.28 bits per heavy atom. The van der Waals surface area contributed by atoms with E-state index in [2.05, 4.69) is 15.5 Å². The van der Waals surface area contributed by atoms with Crippen molar-refractivity contribution in [2.45, 2.75) is 11.8 Å². The van der Waals surface area contributed by atoms with Crippen LogP contribution in [0.5, 0.6) is 5.75 Å². The lowest BCUT2D eigenvalue weighted by Crippen LogP contribution is -2.36. The number of hydrogen-bond acceptors (Lipinski definition) is 7. The average molecular weight is 385 g/mol.